The van der Waals surface area contributed by atoms with Crippen LogP contribution in [0.5, 0.6) is 0 Å². The number of aliphatic hydroxyl groups excluding tert-OH is 1. The highest BCUT2D eigenvalue weighted by Crippen LogP contribution is 2.19. The molecule has 286 valence electrons. The molecule has 0 aromatic carbocycles. The van der Waals surface area contributed by atoms with E-state index in [1.54, 1.807) is 0 Å². The molecule has 0 heterocycles. The molecule has 48 heavy (non-hydrogen) atoms. The van der Waals surface area contributed by atoms with E-state index in [1.807, 2.05) is 0 Å². The van der Waals surface area contributed by atoms with Crippen LogP contribution in [0, 0.1) is 11.8 Å². The number of carbonyl (C=O) groups is 2. The van der Waals surface area contributed by atoms with Crippen molar-refractivity contribution in [2.45, 2.75) is 214 Å². The summed E-state index contributed by atoms with van der Waals surface area (Å²) in [4.78, 5) is 27.4. The molecular weight excluding hydrogens is 598 g/mol. The Kier molecular flexibility index (Phi) is 34.8. The van der Waals surface area contributed by atoms with Crippen molar-refractivity contribution in [2.75, 3.05) is 32.8 Å². The highest BCUT2D eigenvalue weighted by molar-refractivity contribution is 5.69. The summed E-state index contributed by atoms with van der Waals surface area (Å²) in [6.45, 7) is 14.4. The number of carbonyl (C=O) groups excluding carboxylic acids is 2. The maximum Gasteiger partial charge on any atom is 0.307 e. The van der Waals surface area contributed by atoms with E-state index in [9.17, 15) is 14.7 Å². The van der Waals surface area contributed by atoms with Crippen LogP contribution < -0.4 is 0 Å². The van der Waals surface area contributed by atoms with E-state index < -0.39 is 0 Å². The van der Waals surface area contributed by atoms with Crippen LogP contribution in [0.2, 0.25) is 0 Å². The predicted molar refractivity (Wildman–Crippen MR) is 204 cm³/mol. The van der Waals surface area contributed by atoms with Gasteiger partial charge in [0.15, 0.2) is 0 Å². The molecule has 6 heteroatoms. The number of aliphatic hydroxyl groups is 1. The SMILES string of the molecule is CCCCCCCCC(CCCCCCCC)OC(=O)CCCCCC(C)CN(CCCO)CCC(=O)OCCCCCCCC(C)C. The summed E-state index contributed by atoms with van der Waals surface area (Å²) in [5.41, 5.74) is 0. The minimum absolute atomic E-state index is 0.00582. The first-order chi connectivity index (χ1) is 23.3. The minimum Gasteiger partial charge on any atom is -0.466 e. The zero-order valence-corrected chi connectivity index (χ0v) is 32.9. The van der Waals surface area contributed by atoms with Gasteiger partial charge in [-0.25, -0.2) is 0 Å². The quantitative estimate of drug-likeness (QED) is 0.0519. The van der Waals surface area contributed by atoms with E-state index in [0.29, 0.717) is 31.9 Å². The summed E-state index contributed by atoms with van der Waals surface area (Å²) >= 11 is 0. The third-order valence-electron chi connectivity index (χ3n) is 9.66. The van der Waals surface area contributed by atoms with Crippen molar-refractivity contribution in [2.24, 2.45) is 11.8 Å². The summed E-state index contributed by atoms with van der Waals surface area (Å²) in [5, 5.41) is 9.38. The second-order valence-corrected chi connectivity index (χ2v) is 15.2. The second kappa shape index (κ2) is 35.7. The summed E-state index contributed by atoms with van der Waals surface area (Å²) < 4.78 is 11.5. The Labute approximate surface area is 299 Å². The van der Waals surface area contributed by atoms with Crippen LogP contribution in [0.4, 0.5) is 0 Å². The lowest BCUT2D eigenvalue weighted by Crippen LogP contribution is -2.32. The van der Waals surface area contributed by atoms with Crippen molar-refractivity contribution in [1.82, 2.24) is 4.90 Å². The molecule has 0 aromatic heterocycles. The predicted octanol–water partition coefficient (Wildman–Crippen LogP) is 11.6. The first kappa shape index (κ1) is 46.9. The summed E-state index contributed by atoms with van der Waals surface area (Å²) in [6, 6.07) is 0. The number of rotatable bonds is 37. The highest BCUT2D eigenvalue weighted by atomic mass is 16.5. The molecule has 0 aliphatic carbocycles. The van der Waals surface area contributed by atoms with Crippen molar-refractivity contribution in [3.05, 3.63) is 0 Å². The van der Waals surface area contributed by atoms with Crippen LogP contribution in [0.25, 0.3) is 0 Å². The lowest BCUT2D eigenvalue weighted by atomic mass is 10.0. The lowest BCUT2D eigenvalue weighted by molar-refractivity contribution is -0.150. The van der Waals surface area contributed by atoms with E-state index >= 15 is 0 Å². The monoisotopic (exact) mass is 682 g/mol. The van der Waals surface area contributed by atoms with Gasteiger partial charge in [0.25, 0.3) is 0 Å². The van der Waals surface area contributed by atoms with E-state index in [0.717, 1.165) is 76.8 Å². The van der Waals surface area contributed by atoms with Crippen LogP contribution in [0.15, 0.2) is 0 Å². The van der Waals surface area contributed by atoms with Crippen LogP contribution >= 0.6 is 0 Å². The van der Waals surface area contributed by atoms with Crippen LogP contribution in [-0.2, 0) is 19.1 Å². The molecule has 0 amide bonds. The van der Waals surface area contributed by atoms with Gasteiger partial charge in [-0.3, -0.25) is 9.59 Å². The maximum absolute atomic E-state index is 12.7. The Bertz CT molecular complexity index is 684. The Morgan fingerprint density at radius 3 is 1.67 bits per heavy atom. The third-order valence-corrected chi connectivity index (χ3v) is 9.66. The van der Waals surface area contributed by atoms with E-state index in [-0.39, 0.29) is 24.6 Å². The van der Waals surface area contributed by atoms with Gasteiger partial charge < -0.3 is 19.5 Å². The summed E-state index contributed by atoms with van der Waals surface area (Å²) in [7, 11) is 0. The fourth-order valence-corrected chi connectivity index (χ4v) is 6.56. The largest absolute Gasteiger partial charge is 0.466 e. The Morgan fingerprint density at radius 1 is 0.562 bits per heavy atom. The molecule has 0 rings (SSSR count). The van der Waals surface area contributed by atoms with Crippen molar-refractivity contribution in [3.63, 3.8) is 0 Å². The Hall–Kier alpha value is -1.14. The number of ether oxygens (including phenoxy) is 2. The van der Waals surface area contributed by atoms with Gasteiger partial charge in [-0.1, -0.05) is 144 Å². The average Bonchev–Trinajstić information content (AvgIpc) is 3.06. The second-order valence-electron chi connectivity index (χ2n) is 15.2. The molecule has 0 spiro atoms. The van der Waals surface area contributed by atoms with Gasteiger partial charge in [0, 0.05) is 32.7 Å². The fraction of sp³-hybridized carbons (Fsp3) is 0.952. The molecule has 1 unspecified atom stereocenters. The summed E-state index contributed by atoms with van der Waals surface area (Å²) in [5.74, 6) is 1.17. The molecule has 0 aliphatic rings. The number of unbranched alkanes of at least 4 members (excludes halogenated alkanes) is 16. The fourth-order valence-electron chi connectivity index (χ4n) is 6.56. The third kappa shape index (κ3) is 33.4. The number of hydrogen-bond acceptors (Lipinski definition) is 6. The topological polar surface area (TPSA) is 76.1 Å². The molecular formula is C42H83NO5. The van der Waals surface area contributed by atoms with Gasteiger partial charge in [0.1, 0.15) is 6.10 Å². The van der Waals surface area contributed by atoms with Crippen molar-refractivity contribution >= 4 is 11.9 Å². The molecule has 1 atom stereocenters. The summed E-state index contributed by atoms with van der Waals surface area (Å²) in [6.07, 6.45) is 30.4. The van der Waals surface area contributed by atoms with Gasteiger partial charge in [-0.05, 0) is 63.2 Å². The number of nitrogens with zero attached hydrogens (tertiary/aromatic N) is 1. The van der Waals surface area contributed by atoms with Crippen LogP contribution in [0.3, 0.4) is 0 Å². The van der Waals surface area contributed by atoms with Gasteiger partial charge in [0.05, 0.1) is 13.0 Å². The molecule has 0 aromatic rings. The molecule has 0 saturated heterocycles. The average molecular weight is 682 g/mol. The molecule has 0 fully saturated rings. The molecule has 6 nitrogen and oxygen atoms in total. The zero-order valence-electron chi connectivity index (χ0n) is 32.9. The van der Waals surface area contributed by atoms with Crippen molar-refractivity contribution < 1.29 is 24.2 Å². The number of hydrogen-bond donors (Lipinski definition) is 1. The molecule has 1 N–H and O–H groups in total. The van der Waals surface area contributed by atoms with Gasteiger partial charge in [-0.2, -0.15) is 0 Å². The number of esters is 2. The molecule has 0 aliphatic heterocycles. The minimum atomic E-state index is -0.107. The standard InChI is InChI=1S/C42H83NO5/c1-6-8-10-12-16-22-29-40(30-23-17-13-11-9-7-2)48-42(46)31-24-19-21-28-39(5)37-43(33-26-35-44)34-32-41(45)47-36-25-18-14-15-20-27-38(3)4/h38-40,44H,6-37H2,1-5H3. The maximum atomic E-state index is 12.7. The van der Waals surface area contributed by atoms with Crippen LogP contribution in [-0.4, -0.2) is 60.9 Å². The Morgan fingerprint density at radius 2 is 1.08 bits per heavy atom. The molecule has 0 bridgehead atoms. The smallest absolute Gasteiger partial charge is 0.307 e. The zero-order chi connectivity index (χ0) is 35.5. The van der Waals surface area contributed by atoms with Gasteiger partial charge in [0.2, 0.25) is 0 Å². The van der Waals surface area contributed by atoms with E-state index in [4.69, 9.17) is 9.47 Å². The van der Waals surface area contributed by atoms with Gasteiger partial charge in [-0.15, -0.1) is 0 Å². The van der Waals surface area contributed by atoms with Crippen molar-refractivity contribution in [1.29, 1.82) is 0 Å². The normalized spacial score (nSPS) is 12.4. The Balaban J connectivity index is 4.28. The molecule has 0 radical (unpaired) electrons. The first-order valence-electron chi connectivity index (χ1n) is 21.0. The first-order valence-corrected chi connectivity index (χ1v) is 21.0. The van der Waals surface area contributed by atoms with Gasteiger partial charge >= 0.3 is 11.9 Å². The van der Waals surface area contributed by atoms with E-state index in [1.165, 1.54) is 103 Å². The highest BCUT2D eigenvalue weighted by Gasteiger charge is 2.16. The lowest BCUT2D eigenvalue weighted by Gasteiger charge is -2.25. The van der Waals surface area contributed by atoms with Crippen molar-refractivity contribution in [3.8, 4) is 0 Å². The molecule has 0 saturated carbocycles. The van der Waals surface area contributed by atoms with Crippen LogP contribution in [0.1, 0.15) is 208 Å². The van der Waals surface area contributed by atoms with E-state index in [2.05, 4.69) is 39.5 Å².